The van der Waals surface area contributed by atoms with E-state index in [4.69, 9.17) is 4.74 Å². The average molecular weight is 298 g/mol. The van der Waals surface area contributed by atoms with Crippen LogP contribution in [0.1, 0.15) is 17.5 Å². The number of methoxy groups -OCH3 is 1. The number of rotatable bonds is 5. The molecule has 3 rings (SSSR count). The highest BCUT2D eigenvalue weighted by Crippen LogP contribution is 2.19. The number of hydrogen-bond donors (Lipinski definition) is 1. The van der Waals surface area contributed by atoms with E-state index in [1.165, 1.54) is 17.5 Å². The number of nitrogens with zero attached hydrogens (tertiary/aromatic N) is 3. The summed E-state index contributed by atoms with van der Waals surface area (Å²) in [5.41, 5.74) is 2.77. The molecule has 116 valence electrons. The van der Waals surface area contributed by atoms with Crippen LogP contribution >= 0.6 is 0 Å². The third-order valence-electron chi connectivity index (χ3n) is 4.13. The monoisotopic (exact) mass is 298 g/mol. The Hall–Kier alpha value is -2.14. The molecule has 1 fully saturated rings. The van der Waals surface area contributed by atoms with Crippen molar-refractivity contribution >= 4 is 5.82 Å². The lowest BCUT2D eigenvalue weighted by Gasteiger charge is -2.18. The predicted molar refractivity (Wildman–Crippen MR) is 87.1 cm³/mol. The van der Waals surface area contributed by atoms with Crippen molar-refractivity contribution in [3.63, 3.8) is 0 Å². The first-order valence-corrected chi connectivity index (χ1v) is 7.64. The topological polar surface area (TPSA) is 50.3 Å². The standard InChI is InChI=1S/C17H22N4O/c1-13-5-3-4-6-14(13)10-21-8-7-15(11-21)20-16-9-17(22-2)19-12-18-16/h3-6,9,12,15H,7-8,10-11H2,1-2H3,(H,18,19,20). The predicted octanol–water partition coefficient (Wildman–Crippen LogP) is 2.48. The molecule has 2 aromatic rings. The zero-order valence-corrected chi connectivity index (χ0v) is 13.1. The SMILES string of the molecule is COc1cc(NC2CCN(Cc3ccccc3C)C2)ncn1. The van der Waals surface area contributed by atoms with E-state index in [1.807, 2.05) is 6.07 Å². The second-order valence-corrected chi connectivity index (χ2v) is 5.74. The largest absolute Gasteiger partial charge is 0.481 e. The van der Waals surface area contributed by atoms with E-state index < -0.39 is 0 Å². The van der Waals surface area contributed by atoms with Gasteiger partial charge in [-0.05, 0) is 24.5 Å². The molecule has 2 heterocycles. The molecule has 0 aliphatic carbocycles. The number of aryl methyl sites for hydroxylation is 1. The molecule has 1 N–H and O–H groups in total. The first kappa shape index (κ1) is 14.8. The number of anilines is 1. The van der Waals surface area contributed by atoms with Crippen LogP contribution in [0.5, 0.6) is 5.88 Å². The van der Waals surface area contributed by atoms with E-state index >= 15 is 0 Å². The van der Waals surface area contributed by atoms with Gasteiger partial charge in [-0.2, -0.15) is 0 Å². The fourth-order valence-electron chi connectivity index (χ4n) is 2.86. The summed E-state index contributed by atoms with van der Waals surface area (Å²) in [6, 6.07) is 10.9. The van der Waals surface area contributed by atoms with Gasteiger partial charge in [-0.1, -0.05) is 24.3 Å². The van der Waals surface area contributed by atoms with Gasteiger partial charge in [-0.15, -0.1) is 0 Å². The molecular formula is C17H22N4O. The van der Waals surface area contributed by atoms with Crippen LogP contribution < -0.4 is 10.1 Å². The highest BCUT2D eigenvalue weighted by molar-refractivity contribution is 5.38. The van der Waals surface area contributed by atoms with Crippen molar-refractivity contribution in [3.8, 4) is 5.88 Å². The number of aromatic nitrogens is 2. The van der Waals surface area contributed by atoms with Gasteiger partial charge in [0.1, 0.15) is 12.1 Å². The van der Waals surface area contributed by atoms with Crippen molar-refractivity contribution in [2.24, 2.45) is 0 Å². The quantitative estimate of drug-likeness (QED) is 0.919. The van der Waals surface area contributed by atoms with E-state index in [0.717, 1.165) is 31.9 Å². The Morgan fingerprint density at radius 2 is 2.18 bits per heavy atom. The van der Waals surface area contributed by atoms with Crippen molar-refractivity contribution in [2.75, 3.05) is 25.5 Å². The van der Waals surface area contributed by atoms with Gasteiger partial charge in [0.05, 0.1) is 7.11 Å². The van der Waals surface area contributed by atoms with Crippen molar-refractivity contribution in [1.29, 1.82) is 0 Å². The minimum absolute atomic E-state index is 0.420. The van der Waals surface area contributed by atoms with Gasteiger partial charge >= 0.3 is 0 Å². The fraction of sp³-hybridized carbons (Fsp3) is 0.412. The average Bonchev–Trinajstić information content (AvgIpc) is 2.97. The van der Waals surface area contributed by atoms with Gasteiger partial charge in [0.2, 0.25) is 5.88 Å². The fourth-order valence-corrected chi connectivity index (χ4v) is 2.86. The maximum absolute atomic E-state index is 5.13. The van der Waals surface area contributed by atoms with E-state index in [2.05, 4.69) is 51.4 Å². The molecule has 1 aliphatic heterocycles. The molecule has 1 aliphatic rings. The molecule has 0 saturated carbocycles. The lowest BCUT2D eigenvalue weighted by molar-refractivity contribution is 0.328. The van der Waals surface area contributed by atoms with Gasteiger partial charge in [0.15, 0.2) is 0 Å². The van der Waals surface area contributed by atoms with E-state index in [1.54, 1.807) is 7.11 Å². The molecule has 0 amide bonds. The molecular weight excluding hydrogens is 276 g/mol. The highest BCUT2D eigenvalue weighted by atomic mass is 16.5. The smallest absolute Gasteiger partial charge is 0.218 e. The molecule has 5 heteroatoms. The van der Waals surface area contributed by atoms with Gasteiger partial charge in [0, 0.05) is 31.7 Å². The Morgan fingerprint density at radius 3 is 3.00 bits per heavy atom. The molecule has 1 unspecified atom stereocenters. The van der Waals surface area contributed by atoms with Gasteiger partial charge in [-0.3, -0.25) is 4.90 Å². The van der Waals surface area contributed by atoms with Crippen molar-refractivity contribution < 1.29 is 4.74 Å². The van der Waals surface area contributed by atoms with Gasteiger partial charge < -0.3 is 10.1 Å². The molecule has 1 aromatic carbocycles. The second-order valence-electron chi connectivity index (χ2n) is 5.74. The van der Waals surface area contributed by atoms with Crippen LogP contribution in [0.25, 0.3) is 0 Å². The molecule has 0 radical (unpaired) electrons. The summed E-state index contributed by atoms with van der Waals surface area (Å²) in [5, 5.41) is 3.47. The summed E-state index contributed by atoms with van der Waals surface area (Å²) in [6.45, 7) is 5.32. The zero-order valence-electron chi connectivity index (χ0n) is 13.1. The number of benzene rings is 1. The van der Waals surface area contributed by atoms with E-state index in [9.17, 15) is 0 Å². The first-order valence-electron chi connectivity index (χ1n) is 7.64. The minimum atomic E-state index is 0.420. The Bertz CT molecular complexity index is 632. The number of likely N-dealkylation sites (tertiary alicyclic amines) is 1. The van der Waals surface area contributed by atoms with Crippen LogP contribution in [-0.2, 0) is 6.54 Å². The molecule has 0 bridgehead atoms. The summed E-state index contributed by atoms with van der Waals surface area (Å²) < 4.78 is 5.13. The van der Waals surface area contributed by atoms with Crippen LogP contribution in [-0.4, -0.2) is 41.1 Å². The third-order valence-corrected chi connectivity index (χ3v) is 4.13. The second kappa shape index (κ2) is 6.75. The molecule has 5 nitrogen and oxygen atoms in total. The maximum atomic E-state index is 5.13. The molecule has 1 aromatic heterocycles. The van der Waals surface area contributed by atoms with Crippen LogP contribution in [0.15, 0.2) is 36.7 Å². The molecule has 1 saturated heterocycles. The van der Waals surface area contributed by atoms with Crippen LogP contribution in [0.2, 0.25) is 0 Å². The Kier molecular flexibility index (Phi) is 4.53. The lowest BCUT2D eigenvalue weighted by Crippen LogP contribution is -2.26. The van der Waals surface area contributed by atoms with Gasteiger partial charge in [0.25, 0.3) is 0 Å². The summed E-state index contributed by atoms with van der Waals surface area (Å²) in [6.07, 6.45) is 2.65. The summed E-state index contributed by atoms with van der Waals surface area (Å²) in [5.74, 6) is 1.42. The summed E-state index contributed by atoms with van der Waals surface area (Å²) >= 11 is 0. The van der Waals surface area contributed by atoms with E-state index in [0.29, 0.717) is 11.9 Å². The Labute approximate surface area is 131 Å². The number of nitrogens with one attached hydrogen (secondary N) is 1. The Balaban J connectivity index is 1.57. The summed E-state index contributed by atoms with van der Waals surface area (Å²) in [4.78, 5) is 10.8. The molecule has 1 atom stereocenters. The lowest BCUT2D eigenvalue weighted by atomic mass is 10.1. The van der Waals surface area contributed by atoms with Crippen LogP contribution in [0, 0.1) is 6.92 Å². The van der Waals surface area contributed by atoms with E-state index in [-0.39, 0.29) is 0 Å². The van der Waals surface area contributed by atoms with Crippen LogP contribution in [0.4, 0.5) is 5.82 Å². The Morgan fingerprint density at radius 1 is 1.32 bits per heavy atom. The van der Waals surface area contributed by atoms with Crippen molar-refractivity contribution in [1.82, 2.24) is 14.9 Å². The first-order chi connectivity index (χ1) is 10.7. The van der Waals surface area contributed by atoms with Gasteiger partial charge in [-0.25, -0.2) is 9.97 Å². The normalized spacial score (nSPS) is 18.4. The number of hydrogen-bond acceptors (Lipinski definition) is 5. The minimum Gasteiger partial charge on any atom is -0.481 e. The maximum Gasteiger partial charge on any atom is 0.218 e. The summed E-state index contributed by atoms with van der Waals surface area (Å²) in [7, 11) is 1.62. The third kappa shape index (κ3) is 3.54. The van der Waals surface area contributed by atoms with Crippen LogP contribution in [0.3, 0.4) is 0 Å². The van der Waals surface area contributed by atoms with Crippen molar-refractivity contribution in [2.45, 2.75) is 25.9 Å². The molecule has 0 spiro atoms. The van der Waals surface area contributed by atoms with Crippen molar-refractivity contribution in [3.05, 3.63) is 47.8 Å². The number of ether oxygens (including phenoxy) is 1. The highest BCUT2D eigenvalue weighted by Gasteiger charge is 2.23. The zero-order chi connectivity index (χ0) is 15.4. The molecule has 22 heavy (non-hydrogen) atoms.